The summed E-state index contributed by atoms with van der Waals surface area (Å²) >= 11 is 0. The van der Waals surface area contributed by atoms with Crippen molar-refractivity contribution in [2.45, 2.75) is 13.0 Å². The highest BCUT2D eigenvalue weighted by atomic mass is 35.5. The number of halogens is 1. The first-order chi connectivity index (χ1) is 11.0. The van der Waals surface area contributed by atoms with Crippen LogP contribution in [0.4, 0.5) is 0 Å². The van der Waals surface area contributed by atoms with E-state index in [1.807, 2.05) is 18.2 Å². The Labute approximate surface area is 147 Å². The summed E-state index contributed by atoms with van der Waals surface area (Å²) in [6.45, 7) is 0.738. The molecule has 2 aromatic rings. The Balaban J connectivity index is 0.00000288. The first-order valence-electron chi connectivity index (χ1n) is 7.37. The first kappa shape index (κ1) is 19.7. The molecular formula is C17H22ClN3O3. The highest BCUT2D eigenvalue weighted by Gasteiger charge is 2.10. The van der Waals surface area contributed by atoms with E-state index in [-0.39, 0.29) is 30.8 Å². The largest absolute Gasteiger partial charge is 0.467 e. The molecule has 0 aliphatic carbocycles. The minimum absolute atomic E-state index is 0. The van der Waals surface area contributed by atoms with E-state index in [1.165, 1.54) is 11.2 Å². The topological polar surface area (TPSA) is 88.6 Å². The fourth-order valence-corrected chi connectivity index (χ4v) is 2.15. The molecule has 1 aromatic heterocycles. The lowest BCUT2D eigenvalue weighted by atomic mass is 10.1. The standard InChI is InChI=1S/C17H21N3O3.ClH/c1-20(2)17(22)13-5-3-4-12(8-13)6-7-19-16(21)14-9-15(10-18)23-11-14;/h3-5,8-9,11H,6-7,10,18H2,1-2H3,(H,19,21);1H. The molecule has 24 heavy (non-hydrogen) atoms. The number of nitrogens with two attached hydrogens (primary N) is 1. The van der Waals surface area contributed by atoms with Crippen molar-refractivity contribution in [3.63, 3.8) is 0 Å². The zero-order chi connectivity index (χ0) is 16.8. The van der Waals surface area contributed by atoms with E-state index >= 15 is 0 Å². The number of rotatable bonds is 6. The molecule has 6 nitrogen and oxygen atoms in total. The second kappa shape index (κ2) is 9.10. The van der Waals surface area contributed by atoms with Gasteiger partial charge in [-0.2, -0.15) is 0 Å². The lowest BCUT2D eigenvalue weighted by molar-refractivity contribution is 0.0827. The van der Waals surface area contributed by atoms with E-state index in [9.17, 15) is 9.59 Å². The normalized spacial score (nSPS) is 9.96. The number of benzene rings is 1. The molecular weight excluding hydrogens is 330 g/mol. The lowest BCUT2D eigenvalue weighted by Gasteiger charge is -2.11. The van der Waals surface area contributed by atoms with Crippen molar-refractivity contribution < 1.29 is 14.0 Å². The third-order valence-electron chi connectivity index (χ3n) is 3.40. The van der Waals surface area contributed by atoms with Gasteiger partial charge in [-0.3, -0.25) is 9.59 Å². The summed E-state index contributed by atoms with van der Waals surface area (Å²) in [7, 11) is 3.44. The Hall–Kier alpha value is -2.31. The summed E-state index contributed by atoms with van der Waals surface area (Å²) in [6.07, 6.45) is 2.04. The minimum atomic E-state index is -0.200. The summed E-state index contributed by atoms with van der Waals surface area (Å²) in [4.78, 5) is 25.4. The highest BCUT2D eigenvalue weighted by Crippen LogP contribution is 2.09. The number of carbonyl (C=O) groups is 2. The number of hydrogen-bond donors (Lipinski definition) is 2. The van der Waals surface area contributed by atoms with Crippen LogP contribution in [0, 0.1) is 0 Å². The second-order valence-electron chi connectivity index (χ2n) is 5.41. The van der Waals surface area contributed by atoms with Gasteiger partial charge in [0.05, 0.1) is 12.1 Å². The fourth-order valence-electron chi connectivity index (χ4n) is 2.15. The summed E-state index contributed by atoms with van der Waals surface area (Å²) < 4.78 is 5.14. The Morgan fingerprint density at radius 2 is 1.96 bits per heavy atom. The molecule has 0 fully saturated rings. The van der Waals surface area contributed by atoms with Crippen LogP contribution in [0.25, 0.3) is 0 Å². The van der Waals surface area contributed by atoms with E-state index in [0.29, 0.717) is 29.9 Å². The van der Waals surface area contributed by atoms with Crippen LogP contribution >= 0.6 is 12.4 Å². The molecule has 7 heteroatoms. The van der Waals surface area contributed by atoms with Crippen molar-refractivity contribution in [3.8, 4) is 0 Å². The third-order valence-corrected chi connectivity index (χ3v) is 3.40. The van der Waals surface area contributed by atoms with Gasteiger partial charge in [0, 0.05) is 26.2 Å². The molecule has 0 bridgehead atoms. The molecule has 0 spiro atoms. The van der Waals surface area contributed by atoms with Crippen LogP contribution in [-0.4, -0.2) is 37.4 Å². The van der Waals surface area contributed by atoms with Gasteiger partial charge in [-0.25, -0.2) is 0 Å². The van der Waals surface area contributed by atoms with Crippen LogP contribution in [0.2, 0.25) is 0 Å². The molecule has 0 aliphatic heterocycles. The minimum Gasteiger partial charge on any atom is -0.467 e. The van der Waals surface area contributed by atoms with E-state index in [0.717, 1.165) is 5.56 Å². The summed E-state index contributed by atoms with van der Waals surface area (Å²) in [6, 6.07) is 9.04. The van der Waals surface area contributed by atoms with Crippen LogP contribution in [0.1, 0.15) is 32.0 Å². The van der Waals surface area contributed by atoms with Gasteiger partial charge in [-0.15, -0.1) is 12.4 Å². The molecule has 130 valence electrons. The maximum absolute atomic E-state index is 12.0. The fraction of sp³-hybridized carbons (Fsp3) is 0.294. The van der Waals surface area contributed by atoms with Crippen molar-refractivity contribution in [2.75, 3.05) is 20.6 Å². The molecule has 0 radical (unpaired) electrons. The van der Waals surface area contributed by atoms with E-state index < -0.39 is 0 Å². The third kappa shape index (κ3) is 5.11. The Morgan fingerprint density at radius 1 is 1.21 bits per heavy atom. The molecule has 3 N–H and O–H groups in total. The maximum Gasteiger partial charge on any atom is 0.254 e. The number of nitrogens with one attached hydrogen (secondary N) is 1. The summed E-state index contributed by atoms with van der Waals surface area (Å²) in [5, 5.41) is 2.82. The Kier molecular flexibility index (Phi) is 7.48. The predicted molar refractivity (Wildman–Crippen MR) is 94.3 cm³/mol. The molecule has 0 saturated heterocycles. The summed E-state index contributed by atoms with van der Waals surface area (Å²) in [5.41, 5.74) is 7.54. The summed E-state index contributed by atoms with van der Waals surface area (Å²) in [5.74, 6) is 0.336. The monoisotopic (exact) mass is 351 g/mol. The van der Waals surface area contributed by atoms with Gasteiger partial charge >= 0.3 is 0 Å². The zero-order valence-corrected chi connectivity index (χ0v) is 14.6. The second-order valence-corrected chi connectivity index (χ2v) is 5.41. The van der Waals surface area contributed by atoms with Gasteiger partial charge in [-0.1, -0.05) is 12.1 Å². The van der Waals surface area contributed by atoms with Crippen molar-refractivity contribution in [3.05, 3.63) is 59.0 Å². The van der Waals surface area contributed by atoms with Gasteiger partial charge < -0.3 is 20.4 Å². The smallest absolute Gasteiger partial charge is 0.254 e. The molecule has 0 aliphatic rings. The van der Waals surface area contributed by atoms with Crippen molar-refractivity contribution in [1.82, 2.24) is 10.2 Å². The average molecular weight is 352 g/mol. The Bertz CT molecular complexity index is 698. The van der Waals surface area contributed by atoms with Gasteiger partial charge in [0.1, 0.15) is 12.0 Å². The molecule has 1 aromatic carbocycles. The Morgan fingerprint density at radius 3 is 2.58 bits per heavy atom. The van der Waals surface area contributed by atoms with Crippen LogP contribution < -0.4 is 11.1 Å². The van der Waals surface area contributed by atoms with Gasteiger partial charge in [0.25, 0.3) is 11.8 Å². The number of hydrogen-bond acceptors (Lipinski definition) is 4. The number of nitrogens with zero attached hydrogens (tertiary/aromatic N) is 1. The van der Waals surface area contributed by atoms with E-state index in [1.54, 1.807) is 26.2 Å². The van der Waals surface area contributed by atoms with Crippen LogP contribution in [0.5, 0.6) is 0 Å². The van der Waals surface area contributed by atoms with Crippen molar-refractivity contribution in [2.24, 2.45) is 5.73 Å². The van der Waals surface area contributed by atoms with Crippen molar-refractivity contribution in [1.29, 1.82) is 0 Å². The van der Waals surface area contributed by atoms with Gasteiger partial charge in [0.2, 0.25) is 0 Å². The zero-order valence-electron chi connectivity index (χ0n) is 13.7. The molecule has 0 saturated carbocycles. The predicted octanol–water partition coefficient (Wildman–Crippen LogP) is 1.83. The molecule has 1 heterocycles. The van der Waals surface area contributed by atoms with E-state index in [2.05, 4.69) is 5.32 Å². The van der Waals surface area contributed by atoms with Gasteiger partial charge in [-0.05, 0) is 30.2 Å². The number of carbonyl (C=O) groups excluding carboxylic acids is 2. The van der Waals surface area contributed by atoms with Gasteiger partial charge in [0.15, 0.2) is 0 Å². The number of furan rings is 1. The lowest BCUT2D eigenvalue weighted by Crippen LogP contribution is -2.25. The van der Waals surface area contributed by atoms with Crippen molar-refractivity contribution >= 4 is 24.2 Å². The molecule has 2 amide bonds. The maximum atomic E-state index is 12.0. The average Bonchev–Trinajstić information content (AvgIpc) is 3.03. The van der Waals surface area contributed by atoms with Crippen LogP contribution in [-0.2, 0) is 13.0 Å². The van der Waals surface area contributed by atoms with Crippen LogP contribution in [0.15, 0.2) is 41.0 Å². The molecule has 0 unspecified atom stereocenters. The first-order valence-corrected chi connectivity index (χ1v) is 7.37. The molecule has 0 atom stereocenters. The quantitative estimate of drug-likeness (QED) is 0.831. The SMILES string of the molecule is CN(C)C(=O)c1cccc(CCNC(=O)c2coc(CN)c2)c1.Cl. The van der Waals surface area contributed by atoms with Crippen LogP contribution in [0.3, 0.4) is 0 Å². The van der Waals surface area contributed by atoms with E-state index in [4.69, 9.17) is 10.2 Å². The number of amides is 2. The highest BCUT2D eigenvalue weighted by molar-refractivity contribution is 5.94. The molecule has 2 rings (SSSR count).